The Kier molecular flexibility index (Phi) is 3.84. The van der Waals surface area contributed by atoms with Crippen LogP contribution in [0.3, 0.4) is 0 Å². The SMILES string of the molecule is N#CC1CCCN1C(=O)[I-]I. The van der Waals surface area contributed by atoms with Gasteiger partial charge in [-0.3, -0.25) is 0 Å². The van der Waals surface area contributed by atoms with Gasteiger partial charge in [-0.05, 0) is 0 Å². The van der Waals surface area contributed by atoms with Crippen molar-refractivity contribution in [1.29, 1.82) is 5.26 Å². The van der Waals surface area contributed by atoms with Gasteiger partial charge in [0.15, 0.2) is 0 Å². The molecule has 0 spiro atoms. The summed E-state index contributed by atoms with van der Waals surface area (Å²) in [6.07, 6.45) is 1.85. The number of likely N-dealkylation sites (tertiary alicyclic amines) is 1. The van der Waals surface area contributed by atoms with E-state index in [9.17, 15) is 4.79 Å². The summed E-state index contributed by atoms with van der Waals surface area (Å²) in [4.78, 5) is 12.9. The molecule has 1 aliphatic heterocycles. The Morgan fingerprint density at radius 1 is 1.82 bits per heavy atom. The number of nitriles is 1. The van der Waals surface area contributed by atoms with Gasteiger partial charge in [-0.25, -0.2) is 0 Å². The number of amides is 1. The number of hydrogen-bond acceptors (Lipinski definition) is 2. The number of carbonyl (C=O) groups excluding carboxylic acids is 1. The van der Waals surface area contributed by atoms with Crippen molar-refractivity contribution >= 4 is 22.5 Å². The van der Waals surface area contributed by atoms with Gasteiger partial charge in [0.05, 0.1) is 0 Å². The molecule has 1 fully saturated rings. The number of nitrogens with zero attached hydrogens (tertiary/aromatic N) is 2. The Morgan fingerprint density at radius 3 is 3.09 bits per heavy atom. The zero-order chi connectivity index (χ0) is 8.27. The number of halogens is 2. The minimum absolute atomic E-state index is 0.128. The fourth-order valence-corrected chi connectivity index (χ4v) is 3.54. The minimum atomic E-state index is -0.396. The van der Waals surface area contributed by atoms with Crippen LogP contribution in [0.4, 0.5) is 4.79 Å². The second kappa shape index (κ2) is 4.45. The van der Waals surface area contributed by atoms with Gasteiger partial charge in [0.2, 0.25) is 0 Å². The van der Waals surface area contributed by atoms with E-state index < -0.39 is 17.2 Å². The summed E-state index contributed by atoms with van der Waals surface area (Å²) in [5.74, 6) is 0. The van der Waals surface area contributed by atoms with Crippen molar-refractivity contribution in [2.24, 2.45) is 0 Å². The van der Waals surface area contributed by atoms with Crippen LogP contribution >= 0.6 is 18.6 Å². The monoisotopic (exact) mass is 377 g/mol. The molecule has 1 rings (SSSR count). The van der Waals surface area contributed by atoms with Crippen LogP contribution in [0, 0.1) is 11.3 Å². The predicted octanol–water partition coefficient (Wildman–Crippen LogP) is -1.47. The van der Waals surface area contributed by atoms with Gasteiger partial charge in [0.1, 0.15) is 0 Å². The van der Waals surface area contributed by atoms with Crippen LogP contribution in [0.1, 0.15) is 12.8 Å². The topological polar surface area (TPSA) is 44.1 Å². The molecule has 1 atom stereocenters. The van der Waals surface area contributed by atoms with Crippen molar-refractivity contribution in [3.63, 3.8) is 0 Å². The van der Waals surface area contributed by atoms with Crippen LogP contribution in [-0.4, -0.2) is 21.4 Å². The quantitative estimate of drug-likeness (QED) is 0.319. The molecule has 0 aromatic carbocycles. The summed E-state index contributed by atoms with van der Waals surface area (Å²) in [5.41, 5.74) is 0. The predicted molar refractivity (Wildman–Crippen MR) is 44.8 cm³/mol. The third kappa shape index (κ3) is 2.18. The van der Waals surface area contributed by atoms with Crippen molar-refractivity contribution in [2.45, 2.75) is 18.9 Å². The maximum atomic E-state index is 11.2. The molecule has 1 unspecified atom stereocenters. The first-order chi connectivity index (χ1) is 5.29. The molecule has 3 nitrogen and oxygen atoms in total. The van der Waals surface area contributed by atoms with Crippen molar-refractivity contribution in [1.82, 2.24) is 4.90 Å². The molecular weight excluding hydrogens is 370 g/mol. The van der Waals surface area contributed by atoms with Crippen LogP contribution in [0.25, 0.3) is 0 Å². The van der Waals surface area contributed by atoms with Crippen LogP contribution in [0.2, 0.25) is 0 Å². The molecule has 0 radical (unpaired) electrons. The van der Waals surface area contributed by atoms with Gasteiger partial charge in [-0.1, -0.05) is 0 Å². The summed E-state index contributed by atoms with van der Waals surface area (Å²) in [6, 6.07) is 2.02. The van der Waals surface area contributed by atoms with Crippen LogP contribution in [0.5, 0.6) is 0 Å². The fourth-order valence-electron chi connectivity index (χ4n) is 1.15. The first-order valence-corrected chi connectivity index (χ1v) is 10.6. The molecule has 11 heavy (non-hydrogen) atoms. The molecule has 5 heteroatoms. The van der Waals surface area contributed by atoms with Gasteiger partial charge >= 0.3 is 86.2 Å². The van der Waals surface area contributed by atoms with Crippen LogP contribution in [-0.2, 0) is 0 Å². The van der Waals surface area contributed by atoms with E-state index in [1.807, 2.05) is 0 Å². The summed E-state index contributed by atoms with van der Waals surface area (Å²) in [5, 5.41) is 8.65. The number of carbonyl (C=O) groups is 1. The van der Waals surface area contributed by atoms with E-state index in [0.717, 1.165) is 19.4 Å². The van der Waals surface area contributed by atoms with E-state index in [1.165, 1.54) is 0 Å². The van der Waals surface area contributed by atoms with Crippen LogP contribution < -0.4 is 17.2 Å². The Morgan fingerprint density at radius 2 is 2.55 bits per heavy atom. The number of rotatable bonds is 1. The molecular formula is C6H7I2N2O-. The van der Waals surface area contributed by atoms with E-state index >= 15 is 0 Å². The van der Waals surface area contributed by atoms with Crippen LogP contribution in [0.15, 0.2) is 0 Å². The molecule has 1 aliphatic rings. The summed E-state index contributed by atoms with van der Waals surface area (Å²) in [7, 11) is 0. The molecule has 0 bridgehead atoms. The first kappa shape index (κ1) is 9.51. The van der Waals surface area contributed by atoms with Gasteiger partial charge < -0.3 is 0 Å². The van der Waals surface area contributed by atoms with E-state index in [0.29, 0.717) is 0 Å². The Bertz CT molecular complexity index is 201. The van der Waals surface area contributed by atoms with Gasteiger partial charge in [-0.2, -0.15) is 0 Å². The summed E-state index contributed by atoms with van der Waals surface area (Å²) < 4.78 is 0.202. The summed E-state index contributed by atoms with van der Waals surface area (Å²) in [6.45, 7) is 0.791. The molecule has 0 aliphatic carbocycles. The first-order valence-electron chi connectivity index (χ1n) is 3.25. The van der Waals surface area contributed by atoms with Crippen molar-refractivity contribution in [3.8, 4) is 6.07 Å². The maximum absolute atomic E-state index is 11.2. The zero-order valence-corrected chi connectivity index (χ0v) is 10.1. The third-order valence-electron chi connectivity index (χ3n) is 1.69. The molecule has 0 aromatic heterocycles. The Balaban J connectivity index is 2.58. The van der Waals surface area contributed by atoms with E-state index in [1.54, 1.807) is 4.90 Å². The Labute approximate surface area is 85.6 Å². The molecule has 0 aromatic rings. The van der Waals surface area contributed by atoms with E-state index in [4.69, 9.17) is 5.26 Å². The molecule has 0 N–H and O–H groups in total. The molecule has 1 saturated heterocycles. The molecule has 0 saturated carbocycles. The summed E-state index contributed by atoms with van der Waals surface area (Å²) >= 11 is 1.74. The van der Waals surface area contributed by atoms with Crippen molar-refractivity contribution in [3.05, 3.63) is 0 Å². The Hall–Kier alpha value is 0.420. The number of hydrogen-bond donors (Lipinski definition) is 0. The average molecular weight is 377 g/mol. The van der Waals surface area contributed by atoms with Crippen molar-refractivity contribution in [2.75, 3.05) is 6.54 Å². The second-order valence-corrected chi connectivity index (χ2v) is 6.37. The average Bonchev–Trinajstić information content (AvgIpc) is 2.50. The normalized spacial score (nSPS) is 23.6. The van der Waals surface area contributed by atoms with Gasteiger partial charge in [-0.15, -0.1) is 0 Å². The van der Waals surface area contributed by atoms with E-state index in [2.05, 4.69) is 24.7 Å². The zero-order valence-electron chi connectivity index (χ0n) is 5.76. The standard InChI is InChI=1S/C6H7I2N2O/c7-8-6(11)10-3-1-2-5(10)4-9/h5H,1-3H2/q-1. The third-order valence-corrected chi connectivity index (χ3v) is 5.00. The van der Waals surface area contributed by atoms with Crippen molar-refractivity contribution < 1.29 is 22.0 Å². The van der Waals surface area contributed by atoms with Gasteiger partial charge in [0.25, 0.3) is 0 Å². The molecule has 62 valence electrons. The molecule has 1 heterocycles. The van der Waals surface area contributed by atoms with Gasteiger partial charge in [0, 0.05) is 0 Å². The fraction of sp³-hybridized carbons (Fsp3) is 0.667. The van der Waals surface area contributed by atoms with E-state index in [-0.39, 0.29) is 9.96 Å². The molecule has 1 amide bonds. The second-order valence-electron chi connectivity index (χ2n) is 2.30.